The lowest BCUT2D eigenvalue weighted by Crippen LogP contribution is -2.79. The number of fused-ring (bicyclic) bond motifs is 2. The smallest absolute Gasteiger partial charge is 0.348 e. The Morgan fingerprint density at radius 3 is 2.30 bits per heavy atom. The molecular weight excluding hydrogens is 720 g/mol. The van der Waals surface area contributed by atoms with E-state index in [1.807, 2.05) is 0 Å². The van der Waals surface area contributed by atoms with Crippen molar-refractivity contribution in [3.8, 4) is 0 Å². The fraction of sp³-hybridized carbons (Fsp3) is 0.750. The molecule has 18 nitrogen and oxygen atoms in total. The van der Waals surface area contributed by atoms with Crippen LogP contribution in [0.25, 0.3) is 0 Å². The summed E-state index contributed by atoms with van der Waals surface area (Å²) < 4.78 is 39.7. The highest BCUT2D eigenvalue weighted by Crippen LogP contribution is 2.72. The number of hydrogen-bond donors (Lipinski definition) is 6. The van der Waals surface area contributed by atoms with Crippen molar-refractivity contribution in [2.24, 2.45) is 34.5 Å². The molecule has 0 amide bonds. The van der Waals surface area contributed by atoms with Crippen LogP contribution in [0, 0.1) is 34.5 Å². The first-order chi connectivity index (χ1) is 25.1. The van der Waals surface area contributed by atoms with Gasteiger partial charge in [-0.15, -0.1) is 0 Å². The SMILES string of the molecule is COC(=O)[C@@]12OCC34C([C@@H](O)C1O)[C@@]1(C)C=C(O[C@@H]5O[C@H](CO)[C@@H](O)[C@@H](O)[C@H]5O)C(=O)C(C)C1C[C@H]3OC(=O)[C@H](OC(=O)/C=C(\C)C(C)(C)OC(C)=O)[C@H]42. The van der Waals surface area contributed by atoms with Gasteiger partial charge >= 0.3 is 23.9 Å². The van der Waals surface area contributed by atoms with Crippen molar-refractivity contribution < 1.29 is 87.8 Å². The maximum atomic E-state index is 13.9. The number of ketones is 1. The lowest BCUT2D eigenvalue weighted by atomic mass is 9.38. The largest absolute Gasteiger partial charge is 0.467 e. The first-order valence-corrected chi connectivity index (χ1v) is 17.8. The van der Waals surface area contributed by atoms with Crippen LogP contribution in [0.2, 0.25) is 0 Å². The van der Waals surface area contributed by atoms with Crippen LogP contribution in [0.5, 0.6) is 0 Å². The zero-order valence-electron chi connectivity index (χ0n) is 30.9. The van der Waals surface area contributed by atoms with Gasteiger partial charge in [-0.3, -0.25) is 9.59 Å². The number of hydrogen-bond acceptors (Lipinski definition) is 18. The van der Waals surface area contributed by atoms with Crippen molar-refractivity contribution in [3.05, 3.63) is 23.5 Å². The Morgan fingerprint density at radius 2 is 1.69 bits per heavy atom. The molecule has 54 heavy (non-hydrogen) atoms. The Balaban J connectivity index is 1.45. The average Bonchev–Trinajstić information content (AvgIpc) is 3.41. The molecule has 0 aromatic rings. The zero-order valence-corrected chi connectivity index (χ0v) is 30.9. The van der Waals surface area contributed by atoms with Crippen molar-refractivity contribution >= 4 is 29.7 Å². The molecule has 3 saturated heterocycles. The first kappa shape index (κ1) is 40.2. The van der Waals surface area contributed by atoms with E-state index in [1.54, 1.807) is 13.8 Å². The number of allylic oxidation sites excluding steroid dienone is 2. The summed E-state index contributed by atoms with van der Waals surface area (Å²) in [6, 6.07) is 0. The lowest BCUT2D eigenvalue weighted by Gasteiger charge is -2.67. The van der Waals surface area contributed by atoms with Gasteiger partial charge in [-0.25, -0.2) is 14.4 Å². The molecule has 6 N–H and O–H groups in total. The van der Waals surface area contributed by atoms with Gasteiger partial charge < -0.3 is 63.8 Å². The maximum Gasteiger partial charge on any atom is 0.348 e. The number of rotatable bonds is 8. The summed E-state index contributed by atoms with van der Waals surface area (Å²) in [7, 11) is 1.03. The lowest BCUT2D eigenvalue weighted by molar-refractivity contribution is -0.296. The van der Waals surface area contributed by atoms with Crippen LogP contribution in [-0.4, -0.2) is 147 Å². The summed E-state index contributed by atoms with van der Waals surface area (Å²) in [5.41, 5.74) is -6.34. The van der Waals surface area contributed by atoms with Crippen LogP contribution in [-0.2, 0) is 57.1 Å². The van der Waals surface area contributed by atoms with Gasteiger partial charge in [0, 0.05) is 30.3 Å². The third-order valence-electron chi connectivity index (χ3n) is 12.8. The van der Waals surface area contributed by atoms with Gasteiger partial charge in [0.1, 0.15) is 42.2 Å². The van der Waals surface area contributed by atoms with E-state index in [2.05, 4.69) is 0 Å². The minimum Gasteiger partial charge on any atom is -0.467 e. The Kier molecular flexibility index (Phi) is 10.1. The van der Waals surface area contributed by atoms with Crippen LogP contribution in [0.3, 0.4) is 0 Å². The molecule has 6 aliphatic rings. The number of carbonyl (C=O) groups is 5. The molecule has 5 unspecified atom stereocenters. The van der Waals surface area contributed by atoms with Gasteiger partial charge in [-0.2, -0.15) is 0 Å². The van der Waals surface area contributed by atoms with Crippen molar-refractivity contribution in [2.75, 3.05) is 20.3 Å². The second-order valence-corrected chi connectivity index (χ2v) is 16.0. The molecular formula is C36H48O18. The Hall–Kier alpha value is -3.49. The van der Waals surface area contributed by atoms with Crippen molar-refractivity contribution in [1.29, 1.82) is 0 Å². The number of Topliss-reactive ketones (excluding diaryl/α,β-unsaturated/α-hetero) is 1. The summed E-state index contributed by atoms with van der Waals surface area (Å²) in [6.45, 7) is 7.89. The van der Waals surface area contributed by atoms with E-state index in [4.69, 9.17) is 33.2 Å². The topological polar surface area (TPSA) is 271 Å². The summed E-state index contributed by atoms with van der Waals surface area (Å²) in [6.07, 6.45) is -12.9. The van der Waals surface area contributed by atoms with Crippen molar-refractivity contribution in [1.82, 2.24) is 0 Å². The van der Waals surface area contributed by atoms with Crippen LogP contribution < -0.4 is 0 Å². The molecule has 0 radical (unpaired) electrons. The second kappa shape index (κ2) is 13.6. The van der Waals surface area contributed by atoms with E-state index < -0.39 is 144 Å². The highest BCUT2D eigenvalue weighted by atomic mass is 16.7. The summed E-state index contributed by atoms with van der Waals surface area (Å²) in [5.74, 6) is -9.12. The van der Waals surface area contributed by atoms with Crippen LogP contribution in [0.1, 0.15) is 48.0 Å². The van der Waals surface area contributed by atoms with Crippen LogP contribution in [0.15, 0.2) is 23.5 Å². The van der Waals surface area contributed by atoms with E-state index in [1.165, 1.54) is 33.8 Å². The van der Waals surface area contributed by atoms with Crippen LogP contribution >= 0.6 is 0 Å². The predicted molar refractivity (Wildman–Crippen MR) is 175 cm³/mol. The molecule has 2 saturated carbocycles. The van der Waals surface area contributed by atoms with Gasteiger partial charge in [0.05, 0.1) is 32.3 Å². The third kappa shape index (κ3) is 5.63. The molecule has 2 bridgehead atoms. The molecule has 5 fully saturated rings. The number of carbonyl (C=O) groups excluding carboxylic acids is 5. The predicted octanol–water partition coefficient (Wildman–Crippen LogP) is -2.05. The van der Waals surface area contributed by atoms with Gasteiger partial charge in [-0.1, -0.05) is 13.8 Å². The Bertz CT molecular complexity index is 1650. The maximum absolute atomic E-state index is 13.9. The zero-order chi connectivity index (χ0) is 40.0. The molecule has 3 aliphatic carbocycles. The summed E-state index contributed by atoms with van der Waals surface area (Å²) >= 11 is 0. The van der Waals surface area contributed by atoms with E-state index in [0.29, 0.717) is 0 Å². The van der Waals surface area contributed by atoms with E-state index >= 15 is 0 Å². The van der Waals surface area contributed by atoms with Gasteiger partial charge in [0.15, 0.2) is 11.5 Å². The highest BCUT2D eigenvalue weighted by Gasteiger charge is 2.85. The van der Waals surface area contributed by atoms with Gasteiger partial charge in [-0.05, 0) is 50.2 Å². The van der Waals surface area contributed by atoms with Crippen LogP contribution in [0.4, 0.5) is 0 Å². The molecule has 300 valence electrons. The number of methoxy groups -OCH3 is 1. The highest BCUT2D eigenvalue weighted by molar-refractivity contribution is 5.97. The molecule has 16 atom stereocenters. The normalized spacial score (nSPS) is 45.6. The fourth-order valence-corrected chi connectivity index (χ4v) is 10.1. The summed E-state index contributed by atoms with van der Waals surface area (Å²) in [4.78, 5) is 66.7. The monoisotopic (exact) mass is 768 g/mol. The quantitative estimate of drug-likeness (QED) is 0.0881. The molecule has 0 aromatic heterocycles. The number of ether oxygens (including phenoxy) is 7. The van der Waals surface area contributed by atoms with Crippen molar-refractivity contribution in [3.63, 3.8) is 0 Å². The number of aliphatic hydroxyl groups is 6. The van der Waals surface area contributed by atoms with E-state index in [-0.39, 0.29) is 17.8 Å². The third-order valence-corrected chi connectivity index (χ3v) is 12.8. The second-order valence-electron chi connectivity index (χ2n) is 16.0. The average molecular weight is 769 g/mol. The molecule has 1 spiro atoms. The molecule has 0 aromatic carbocycles. The minimum atomic E-state index is -2.43. The number of esters is 4. The molecule has 3 heterocycles. The number of aliphatic hydroxyl groups excluding tert-OH is 6. The first-order valence-electron chi connectivity index (χ1n) is 17.8. The van der Waals surface area contributed by atoms with Gasteiger partial charge in [0.2, 0.25) is 18.0 Å². The molecule has 6 rings (SSSR count). The van der Waals surface area contributed by atoms with E-state index in [9.17, 15) is 54.6 Å². The molecule has 18 heteroatoms. The Labute approximate surface area is 309 Å². The standard InChI is InChI=1S/C36H48O18/c1-13(33(4,5)54-15(3)38)8-20(39)53-26-28-35-12-49-36(28,32(47)48-7)29(45)25(44)27(35)34(6)10-17(21(40)14(2)16(34)9-19(35)52-30(26)46)50-31-24(43)23(42)22(41)18(11-37)51-31/h8,10,14,16,18-19,22-29,31,37,41-45H,9,11-12H2,1-7H3/b13-8+/t14?,16?,18-,19-,22-,23-,24-,25-,26-,27?,28-,29?,31-,34+,35?,36+/m1/s1. The minimum absolute atomic E-state index is 0.00828. The Morgan fingerprint density at radius 1 is 1.02 bits per heavy atom. The fourth-order valence-electron chi connectivity index (χ4n) is 10.1. The van der Waals surface area contributed by atoms with Crippen molar-refractivity contribution in [2.45, 2.75) is 114 Å². The molecule has 3 aliphatic heterocycles. The van der Waals surface area contributed by atoms with E-state index in [0.717, 1.165) is 13.2 Å². The summed E-state index contributed by atoms with van der Waals surface area (Å²) in [5, 5.41) is 65.1. The van der Waals surface area contributed by atoms with Gasteiger partial charge in [0.25, 0.3) is 0 Å².